The number of allylic oxidation sites excluding steroid dienone is 3. The average molecular weight is 406 g/mol. The topological polar surface area (TPSA) is 107 Å². The lowest BCUT2D eigenvalue weighted by molar-refractivity contribution is -0.177. The summed E-state index contributed by atoms with van der Waals surface area (Å²) in [5.41, 5.74) is 9.77. The maximum Gasteiger partial charge on any atom is 0.416 e. The Morgan fingerprint density at radius 2 is 1.71 bits per heavy atom. The van der Waals surface area contributed by atoms with Crippen molar-refractivity contribution in [3.8, 4) is 0 Å². The van der Waals surface area contributed by atoms with Crippen molar-refractivity contribution in [2.75, 3.05) is 0 Å². The molecule has 1 amide bonds. The minimum Gasteiger partial charge on any atom is -0.370 e. The molecule has 5 nitrogen and oxygen atoms in total. The summed E-state index contributed by atoms with van der Waals surface area (Å²) in [6, 6.07) is 3.20. The second kappa shape index (κ2) is 6.88. The third kappa shape index (κ3) is 3.97. The lowest BCUT2D eigenvalue weighted by Crippen LogP contribution is -2.44. The van der Waals surface area contributed by atoms with Crippen molar-refractivity contribution >= 4 is 17.6 Å². The molecule has 1 aromatic carbocycles. The number of carbonyl (C=O) groups is 1. The Morgan fingerprint density at radius 3 is 2.18 bits per heavy atom. The first-order chi connectivity index (χ1) is 12.7. The van der Waals surface area contributed by atoms with Crippen LogP contribution in [0.5, 0.6) is 0 Å². The summed E-state index contributed by atoms with van der Waals surface area (Å²) in [4.78, 5) is 15.2. The summed E-state index contributed by atoms with van der Waals surface area (Å²) in [6.07, 6.45) is -11.0. The van der Waals surface area contributed by atoms with Crippen molar-refractivity contribution in [1.82, 2.24) is 0 Å². The van der Waals surface area contributed by atoms with Gasteiger partial charge in [0, 0.05) is 5.57 Å². The number of aliphatic imine (C=N–C) groups is 1. The molecule has 6 N–H and O–H groups in total. The van der Waals surface area contributed by atoms with Crippen LogP contribution < -0.4 is 17.2 Å². The molecule has 1 aliphatic rings. The van der Waals surface area contributed by atoms with Crippen molar-refractivity contribution in [2.45, 2.75) is 31.1 Å². The molecular weight excluding hydrogens is 390 g/mol. The summed E-state index contributed by atoms with van der Waals surface area (Å²) in [5, 5.41) is 0. The fourth-order valence-electron chi connectivity index (χ4n) is 2.90. The number of guanidine groups is 1. The maximum absolute atomic E-state index is 14.1. The monoisotopic (exact) mass is 406 g/mol. The molecule has 0 aliphatic heterocycles. The van der Waals surface area contributed by atoms with Gasteiger partial charge in [0.25, 0.3) is 0 Å². The Kier molecular flexibility index (Phi) is 5.24. The van der Waals surface area contributed by atoms with E-state index in [1.54, 1.807) is 0 Å². The van der Waals surface area contributed by atoms with Gasteiger partial charge in [0.2, 0.25) is 5.91 Å². The zero-order valence-electron chi connectivity index (χ0n) is 14.4. The van der Waals surface area contributed by atoms with Gasteiger partial charge in [-0.05, 0) is 36.6 Å². The maximum atomic E-state index is 14.1. The standard InChI is InChI=1S/C17H16F6N4O/c1-8-2-3-10(5-12(8)27-14(25)26)15(17(21,22)23)6-9(13(24)28)4-11(7-15)16(18,19)20/h2-5,7H,6H2,1H3,(H2,24,28)(H4,25,26,27). The quantitative estimate of drug-likeness (QED) is 0.408. The van der Waals surface area contributed by atoms with Crippen molar-refractivity contribution in [3.05, 3.63) is 52.6 Å². The molecule has 2 rings (SSSR count). The molecule has 0 saturated carbocycles. The number of hydrogen-bond donors (Lipinski definition) is 3. The molecule has 0 fully saturated rings. The summed E-state index contributed by atoms with van der Waals surface area (Å²) < 4.78 is 82.1. The van der Waals surface area contributed by atoms with Gasteiger partial charge in [0.05, 0.1) is 11.3 Å². The molecule has 1 aliphatic carbocycles. The predicted molar refractivity (Wildman–Crippen MR) is 90.4 cm³/mol. The number of amides is 1. The van der Waals surface area contributed by atoms with E-state index >= 15 is 0 Å². The van der Waals surface area contributed by atoms with E-state index in [4.69, 9.17) is 17.2 Å². The van der Waals surface area contributed by atoms with Gasteiger partial charge in [0.15, 0.2) is 5.96 Å². The van der Waals surface area contributed by atoms with E-state index in [0.717, 1.165) is 12.1 Å². The number of halogens is 6. The lowest BCUT2D eigenvalue weighted by Gasteiger charge is -2.37. The third-order valence-corrected chi connectivity index (χ3v) is 4.32. The van der Waals surface area contributed by atoms with Crippen molar-refractivity contribution in [3.63, 3.8) is 0 Å². The number of benzene rings is 1. The van der Waals surface area contributed by atoms with E-state index in [0.29, 0.717) is 11.6 Å². The Bertz CT molecular complexity index is 894. The van der Waals surface area contributed by atoms with E-state index in [2.05, 4.69) is 4.99 Å². The summed E-state index contributed by atoms with van der Waals surface area (Å²) >= 11 is 0. The molecule has 1 aromatic rings. The van der Waals surface area contributed by atoms with E-state index in [-0.39, 0.29) is 11.8 Å². The molecule has 0 radical (unpaired) electrons. The van der Waals surface area contributed by atoms with E-state index < -0.39 is 52.8 Å². The Hall–Kier alpha value is -2.98. The first kappa shape index (κ1) is 21.3. The molecule has 152 valence electrons. The smallest absolute Gasteiger partial charge is 0.370 e. The number of rotatable bonds is 3. The van der Waals surface area contributed by atoms with Crippen LogP contribution in [0.1, 0.15) is 17.5 Å². The van der Waals surface area contributed by atoms with Gasteiger partial charge in [0.1, 0.15) is 5.41 Å². The molecule has 0 spiro atoms. The van der Waals surface area contributed by atoms with Crippen molar-refractivity contribution in [2.24, 2.45) is 22.2 Å². The van der Waals surface area contributed by atoms with Gasteiger partial charge in [-0.15, -0.1) is 0 Å². The average Bonchev–Trinajstić information content (AvgIpc) is 2.54. The molecule has 0 bridgehead atoms. The number of nitrogens with two attached hydrogens (primary N) is 3. The van der Waals surface area contributed by atoms with Crippen molar-refractivity contribution < 1.29 is 31.1 Å². The minimum absolute atomic E-state index is 0.0433. The molecule has 1 unspecified atom stereocenters. The first-order valence-electron chi connectivity index (χ1n) is 7.75. The number of alkyl halides is 6. The molecule has 11 heteroatoms. The second-order valence-corrected chi connectivity index (χ2v) is 6.32. The first-order valence-corrected chi connectivity index (χ1v) is 7.75. The minimum atomic E-state index is -5.18. The third-order valence-electron chi connectivity index (χ3n) is 4.32. The van der Waals surface area contributed by atoms with Crippen LogP contribution in [0.25, 0.3) is 0 Å². The highest BCUT2D eigenvalue weighted by Crippen LogP contribution is 2.51. The largest absolute Gasteiger partial charge is 0.416 e. The number of aryl methyl sites for hydroxylation is 1. The predicted octanol–water partition coefficient (Wildman–Crippen LogP) is 3.00. The van der Waals surface area contributed by atoms with E-state index in [9.17, 15) is 31.1 Å². The van der Waals surface area contributed by atoms with Crippen molar-refractivity contribution in [1.29, 1.82) is 0 Å². The molecule has 28 heavy (non-hydrogen) atoms. The van der Waals surface area contributed by atoms with Gasteiger partial charge in [-0.3, -0.25) is 4.79 Å². The highest BCUT2D eigenvalue weighted by atomic mass is 19.4. The molecule has 0 heterocycles. The van der Waals surface area contributed by atoms with Gasteiger partial charge in [-0.25, -0.2) is 4.99 Å². The molecule has 0 aromatic heterocycles. The van der Waals surface area contributed by atoms with Crippen LogP contribution in [-0.2, 0) is 10.2 Å². The fraction of sp³-hybridized carbons (Fsp3) is 0.294. The summed E-state index contributed by atoms with van der Waals surface area (Å²) in [6.45, 7) is 1.51. The summed E-state index contributed by atoms with van der Waals surface area (Å²) in [5.74, 6) is -1.81. The van der Waals surface area contributed by atoms with Crippen LogP contribution in [0, 0.1) is 6.92 Å². The van der Waals surface area contributed by atoms with Gasteiger partial charge >= 0.3 is 12.4 Å². The lowest BCUT2D eigenvalue weighted by atomic mass is 9.70. The number of primary amides is 1. The van der Waals surface area contributed by atoms with Crippen LogP contribution in [0.4, 0.5) is 32.0 Å². The van der Waals surface area contributed by atoms with Crippen LogP contribution in [0.3, 0.4) is 0 Å². The Balaban J connectivity index is 2.83. The van der Waals surface area contributed by atoms with Crippen LogP contribution in [0.2, 0.25) is 0 Å². The SMILES string of the molecule is Cc1ccc(C2(C(F)(F)F)C=C(C(F)(F)F)C=C(C(N)=O)C2)cc1N=C(N)N. The molecular formula is C17H16F6N4O. The number of carbonyl (C=O) groups excluding carboxylic acids is 1. The number of hydrogen-bond acceptors (Lipinski definition) is 2. The Morgan fingerprint density at radius 1 is 1.11 bits per heavy atom. The van der Waals surface area contributed by atoms with Crippen LogP contribution in [0.15, 0.2) is 46.5 Å². The van der Waals surface area contributed by atoms with E-state index in [1.807, 2.05) is 0 Å². The second-order valence-electron chi connectivity index (χ2n) is 6.32. The summed E-state index contributed by atoms with van der Waals surface area (Å²) in [7, 11) is 0. The number of nitrogens with zero attached hydrogens (tertiary/aromatic N) is 1. The normalized spacial score (nSPS) is 20.2. The zero-order valence-corrected chi connectivity index (χ0v) is 14.4. The van der Waals surface area contributed by atoms with Gasteiger partial charge in [-0.2, -0.15) is 26.3 Å². The molecule has 1 atom stereocenters. The van der Waals surface area contributed by atoms with Gasteiger partial charge in [-0.1, -0.05) is 18.2 Å². The fourth-order valence-corrected chi connectivity index (χ4v) is 2.90. The van der Waals surface area contributed by atoms with E-state index in [1.165, 1.54) is 13.0 Å². The van der Waals surface area contributed by atoms with Crippen LogP contribution >= 0.6 is 0 Å². The highest BCUT2D eigenvalue weighted by molar-refractivity contribution is 5.93. The molecule has 0 saturated heterocycles. The van der Waals surface area contributed by atoms with Gasteiger partial charge < -0.3 is 17.2 Å². The zero-order chi connectivity index (χ0) is 21.5. The highest BCUT2D eigenvalue weighted by Gasteiger charge is 2.58. The Labute approximate surface area is 155 Å². The van der Waals surface area contributed by atoms with Crippen LogP contribution in [-0.4, -0.2) is 24.2 Å².